The Bertz CT molecular complexity index is 2040. The number of nitrogens with zero attached hydrogens (tertiary/aromatic N) is 1. The molecule has 6 aromatic carbocycles. The maximum atomic E-state index is 3.48. The van der Waals surface area contributed by atoms with E-state index in [0.717, 1.165) is 8.95 Å². The number of fused-ring (bicyclic) bond motifs is 2. The lowest BCUT2D eigenvalue weighted by Crippen LogP contribution is -1.91. The minimum atomic E-state index is 1.10. The van der Waals surface area contributed by atoms with Crippen LogP contribution >= 0.6 is 54.5 Å². The van der Waals surface area contributed by atoms with Crippen LogP contribution in [0.15, 0.2) is 179 Å². The number of H-pyrrole nitrogens is 1. The normalized spacial score (nSPS) is 10.6. The van der Waals surface area contributed by atoms with Crippen molar-refractivity contribution in [1.82, 2.24) is 9.55 Å². The van der Waals surface area contributed by atoms with Crippen molar-refractivity contribution >= 4 is 76.3 Å². The van der Waals surface area contributed by atoms with Crippen molar-refractivity contribution in [3.8, 4) is 27.9 Å². The number of halogens is 3. The van der Waals surface area contributed by atoms with E-state index in [4.69, 9.17) is 0 Å². The number of hydrogen-bond donors (Lipinski definition) is 1. The predicted octanol–water partition coefficient (Wildman–Crippen LogP) is 12.9. The molecule has 0 aliphatic carbocycles. The van der Waals surface area contributed by atoms with Gasteiger partial charge in [0.15, 0.2) is 0 Å². The van der Waals surface area contributed by atoms with Gasteiger partial charge in [0.1, 0.15) is 0 Å². The summed E-state index contributed by atoms with van der Waals surface area (Å²) in [4.78, 5) is 3.12. The molecular formula is C40H29Br2IN2. The number of para-hydroxylation sites is 2. The molecule has 0 atom stereocenters. The fourth-order valence-corrected chi connectivity index (χ4v) is 5.93. The zero-order valence-corrected chi connectivity index (χ0v) is 29.6. The van der Waals surface area contributed by atoms with Gasteiger partial charge in [-0.3, -0.25) is 0 Å². The summed E-state index contributed by atoms with van der Waals surface area (Å²) >= 11 is 9.22. The van der Waals surface area contributed by atoms with Crippen LogP contribution in [0.1, 0.15) is 0 Å². The van der Waals surface area contributed by atoms with E-state index in [1.807, 2.05) is 18.3 Å². The highest BCUT2D eigenvalue weighted by Gasteiger charge is 2.03. The number of aromatic nitrogens is 2. The van der Waals surface area contributed by atoms with Gasteiger partial charge in [0.2, 0.25) is 0 Å². The summed E-state index contributed by atoms with van der Waals surface area (Å²) in [6.07, 6.45) is 4.07. The molecule has 8 aromatic rings. The highest BCUT2D eigenvalue weighted by atomic mass is 127. The lowest BCUT2D eigenvalue weighted by molar-refractivity contribution is 1.13. The molecule has 2 aromatic heterocycles. The Morgan fingerprint density at radius 2 is 0.956 bits per heavy atom. The molecule has 0 amide bonds. The van der Waals surface area contributed by atoms with Crippen LogP contribution in [0.4, 0.5) is 0 Å². The van der Waals surface area contributed by atoms with E-state index in [-0.39, 0.29) is 0 Å². The van der Waals surface area contributed by atoms with Crippen molar-refractivity contribution in [1.29, 1.82) is 0 Å². The smallest absolute Gasteiger partial charge is 0.0528 e. The molecular weight excluding hydrogens is 795 g/mol. The van der Waals surface area contributed by atoms with E-state index < -0.39 is 0 Å². The van der Waals surface area contributed by atoms with Crippen LogP contribution in [0.25, 0.3) is 49.7 Å². The molecule has 0 fully saturated rings. The zero-order valence-electron chi connectivity index (χ0n) is 24.2. The van der Waals surface area contributed by atoms with Gasteiger partial charge >= 0.3 is 0 Å². The molecule has 0 aliphatic rings. The van der Waals surface area contributed by atoms with E-state index in [0.29, 0.717) is 0 Å². The number of aromatic amines is 1. The molecule has 220 valence electrons. The van der Waals surface area contributed by atoms with E-state index in [9.17, 15) is 0 Å². The van der Waals surface area contributed by atoms with Gasteiger partial charge in [0.05, 0.1) is 5.52 Å². The van der Waals surface area contributed by atoms with Gasteiger partial charge in [0.25, 0.3) is 0 Å². The molecule has 45 heavy (non-hydrogen) atoms. The monoisotopic (exact) mass is 822 g/mol. The molecule has 8 rings (SSSR count). The topological polar surface area (TPSA) is 20.7 Å². The quantitative estimate of drug-likeness (QED) is 0.171. The molecule has 2 nitrogen and oxygen atoms in total. The largest absolute Gasteiger partial charge is 0.361 e. The Labute approximate surface area is 294 Å². The third kappa shape index (κ3) is 8.03. The van der Waals surface area contributed by atoms with Gasteiger partial charge < -0.3 is 9.55 Å². The Morgan fingerprint density at radius 3 is 1.53 bits per heavy atom. The van der Waals surface area contributed by atoms with E-state index in [1.54, 1.807) is 0 Å². The molecule has 0 saturated heterocycles. The Hall–Kier alpha value is -3.91. The number of nitrogens with one attached hydrogen (secondary N) is 1. The van der Waals surface area contributed by atoms with Crippen molar-refractivity contribution in [2.24, 2.45) is 0 Å². The summed E-state index contributed by atoms with van der Waals surface area (Å²) in [7, 11) is 0. The summed E-state index contributed by atoms with van der Waals surface area (Å²) in [6.45, 7) is 0. The average Bonchev–Trinajstić information content (AvgIpc) is 3.75. The van der Waals surface area contributed by atoms with Crippen LogP contribution in [0.3, 0.4) is 0 Å². The second-order valence-electron chi connectivity index (χ2n) is 10.4. The molecule has 0 unspecified atom stereocenters. The van der Waals surface area contributed by atoms with Gasteiger partial charge in [-0.25, -0.2) is 0 Å². The van der Waals surface area contributed by atoms with Crippen LogP contribution in [-0.2, 0) is 0 Å². The lowest BCUT2D eigenvalue weighted by atomic mass is 10.1. The van der Waals surface area contributed by atoms with Crippen LogP contribution in [-0.4, -0.2) is 9.55 Å². The summed E-state index contributed by atoms with van der Waals surface area (Å²) in [5.41, 5.74) is 8.60. The van der Waals surface area contributed by atoms with Gasteiger partial charge in [-0.1, -0.05) is 117 Å². The standard InChI is InChI=1S/C20H14BrN.C12H8BrI.C8H7N/c21-18-9-5-15(6-10-18)16-7-11-19(12-8-16)22-14-13-17-3-1-2-4-20(17)22;13-11-5-1-9(2-6-11)10-3-7-12(14)8-4-10;1-2-4-8-7(3-1)5-6-9-8/h1-14H;1-8H;1-6,9H. The van der Waals surface area contributed by atoms with Gasteiger partial charge in [-0.15, -0.1) is 0 Å². The second kappa shape index (κ2) is 14.9. The number of rotatable bonds is 3. The lowest BCUT2D eigenvalue weighted by Gasteiger charge is -2.07. The summed E-state index contributed by atoms with van der Waals surface area (Å²) in [6, 6.07) is 54.9. The summed E-state index contributed by atoms with van der Waals surface area (Å²) in [5, 5.41) is 2.54. The first-order valence-corrected chi connectivity index (χ1v) is 17.2. The molecule has 2 heterocycles. The molecule has 0 aliphatic heterocycles. The predicted molar refractivity (Wildman–Crippen MR) is 207 cm³/mol. The van der Waals surface area contributed by atoms with Gasteiger partial charge in [-0.2, -0.15) is 0 Å². The van der Waals surface area contributed by atoms with Gasteiger partial charge in [0, 0.05) is 36.1 Å². The minimum Gasteiger partial charge on any atom is -0.361 e. The van der Waals surface area contributed by atoms with Crippen molar-refractivity contribution < 1.29 is 0 Å². The highest BCUT2D eigenvalue weighted by Crippen LogP contribution is 2.26. The first-order chi connectivity index (χ1) is 22.0. The maximum Gasteiger partial charge on any atom is 0.0528 e. The minimum absolute atomic E-state index is 1.10. The highest BCUT2D eigenvalue weighted by molar-refractivity contribution is 14.1. The Kier molecular flexibility index (Phi) is 10.3. The zero-order chi connectivity index (χ0) is 31.0. The van der Waals surface area contributed by atoms with E-state index >= 15 is 0 Å². The molecule has 5 heteroatoms. The third-order valence-electron chi connectivity index (χ3n) is 7.41. The van der Waals surface area contributed by atoms with Crippen LogP contribution in [0, 0.1) is 3.57 Å². The second-order valence-corrected chi connectivity index (χ2v) is 13.5. The van der Waals surface area contributed by atoms with E-state index in [1.165, 1.54) is 53.3 Å². The van der Waals surface area contributed by atoms with Gasteiger partial charge in [-0.05, 0) is 128 Å². The van der Waals surface area contributed by atoms with Crippen molar-refractivity contribution in [2.75, 3.05) is 0 Å². The average molecular weight is 824 g/mol. The van der Waals surface area contributed by atoms with Crippen LogP contribution in [0.2, 0.25) is 0 Å². The summed E-state index contributed by atoms with van der Waals surface area (Å²) < 4.78 is 5.71. The SMILES string of the molecule is Brc1ccc(-c2ccc(-n3ccc4ccccc43)cc2)cc1.Brc1ccc(-c2ccc(I)cc2)cc1.c1ccc2[nH]ccc2c1. The first kappa shape index (κ1) is 31.1. The molecule has 0 spiro atoms. The molecule has 1 N–H and O–H groups in total. The number of benzene rings is 6. The first-order valence-electron chi connectivity index (χ1n) is 14.5. The maximum absolute atomic E-state index is 3.48. The Balaban J connectivity index is 0.000000132. The Morgan fingerprint density at radius 1 is 0.467 bits per heavy atom. The van der Waals surface area contributed by atoms with Crippen molar-refractivity contribution in [3.63, 3.8) is 0 Å². The molecule has 0 radical (unpaired) electrons. The van der Waals surface area contributed by atoms with Crippen LogP contribution in [0.5, 0.6) is 0 Å². The van der Waals surface area contributed by atoms with Crippen molar-refractivity contribution in [3.05, 3.63) is 183 Å². The van der Waals surface area contributed by atoms with E-state index in [2.05, 4.69) is 216 Å². The summed E-state index contributed by atoms with van der Waals surface area (Å²) in [5.74, 6) is 0. The molecule has 0 saturated carbocycles. The fourth-order valence-electron chi connectivity index (χ4n) is 5.04. The molecule has 0 bridgehead atoms. The third-order valence-corrected chi connectivity index (χ3v) is 9.18. The fraction of sp³-hybridized carbons (Fsp3) is 0. The number of hydrogen-bond acceptors (Lipinski definition) is 0. The van der Waals surface area contributed by atoms with Crippen LogP contribution < -0.4 is 0 Å². The van der Waals surface area contributed by atoms with Crippen molar-refractivity contribution in [2.45, 2.75) is 0 Å².